The highest BCUT2D eigenvalue weighted by Crippen LogP contribution is 2.30. The SMILES string of the molecule is CN(Cc1cc(-c2ccccc2)on1)C1CC2CCC(C1)N2.Cl. The Kier molecular flexibility index (Phi) is 5.05. The first-order valence-electron chi connectivity index (χ1n) is 8.25. The Hall–Kier alpha value is -1.36. The van der Waals surface area contributed by atoms with Crippen molar-refractivity contribution in [2.75, 3.05) is 7.05 Å². The minimum Gasteiger partial charge on any atom is -0.356 e. The maximum atomic E-state index is 5.50. The lowest BCUT2D eigenvalue weighted by molar-refractivity contribution is 0.162. The molecule has 0 saturated carbocycles. The van der Waals surface area contributed by atoms with Gasteiger partial charge in [0.25, 0.3) is 0 Å². The quantitative estimate of drug-likeness (QED) is 0.930. The summed E-state index contributed by atoms with van der Waals surface area (Å²) in [4.78, 5) is 2.44. The van der Waals surface area contributed by atoms with E-state index in [0.717, 1.165) is 35.6 Å². The smallest absolute Gasteiger partial charge is 0.167 e. The molecule has 2 aliphatic rings. The Balaban J connectivity index is 0.00000156. The molecule has 4 rings (SSSR count). The highest BCUT2D eigenvalue weighted by atomic mass is 35.5. The van der Waals surface area contributed by atoms with Crippen LogP contribution < -0.4 is 5.32 Å². The van der Waals surface area contributed by atoms with Gasteiger partial charge in [0.05, 0.1) is 5.69 Å². The van der Waals surface area contributed by atoms with Crippen LogP contribution in [0.25, 0.3) is 11.3 Å². The van der Waals surface area contributed by atoms with Crippen LogP contribution in [0.1, 0.15) is 31.4 Å². The van der Waals surface area contributed by atoms with E-state index in [1.807, 2.05) is 18.2 Å². The molecule has 5 heteroatoms. The third-order valence-corrected chi connectivity index (χ3v) is 5.10. The van der Waals surface area contributed by atoms with Crippen LogP contribution in [-0.2, 0) is 6.54 Å². The average molecular weight is 334 g/mol. The molecule has 1 aromatic carbocycles. The van der Waals surface area contributed by atoms with Gasteiger partial charge in [-0.1, -0.05) is 35.5 Å². The van der Waals surface area contributed by atoms with E-state index in [1.54, 1.807) is 0 Å². The van der Waals surface area contributed by atoms with Crippen LogP contribution in [0.2, 0.25) is 0 Å². The summed E-state index contributed by atoms with van der Waals surface area (Å²) in [6.45, 7) is 0.862. The van der Waals surface area contributed by atoms with Crippen molar-refractivity contribution in [3.8, 4) is 11.3 Å². The maximum absolute atomic E-state index is 5.50. The molecular weight excluding hydrogens is 310 g/mol. The van der Waals surface area contributed by atoms with E-state index in [1.165, 1.54) is 25.7 Å². The van der Waals surface area contributed by atoms with Crippen molar-refractivity contribution in [1.29, 1.82) is 0 Å². The van der Waals surface area contributed by atoms with Gasteiger partial charge in [-0.15, -0.1) is 12.4 Å². The van der Waals surface area contributed by atoms with Crippen LogP contribution in [0.5, 0.6) is 0 Å². The van der Waals surface area contributed by atoms with Gasteiger partial charge in [0.15, 0.2) is 5.76 Å². The second-order valence-electron chi connectivity index (χ2n) is 6.73. The molecule has 0 amide bonds. The predicted molar refractivity (Wildman–Crippen MR) is 93.6 cm³/mol. The van der Waals surface area contributed by atoms with Gasteiger partial charge in [0, 0.05) is 36.3 Å². The Morgan fingerprint density at radius 2 is 1.87 bits per heavy atom. The van der Waals surface area contributed by atoms with Crippen molar-refractivity contribution >= 4 is 12.4 Å². The Morgan fingerprint density at radius 1 is 1.17 bits per heavy atom. The van der Waals surface area contributed by atoms with Crippen molar-refractivity contribution in [3.05, 3.63) is 42.1 Å². The van der Waals surface area contributed by atoms with E-state index in [4.69, 9.17) is 4.52 Å². The predicted octanol–water partition coefficient (Wildman–Crippen LogP) is 3.48. The van der Waals surface area contributed by atoms with E-state index in [2.05, 4.69) is 40.6 Å². The molecule has 2 bridgehead atoms. The van der Waals surface area contributed by atoms with E-state index in [-0.39, 0.29) is 12.4 Å². The van der Waals surface area contributed by atoms with E-state index >= 15 is 0 Å². The molecule has 2 aromatic rings. The molecule has 0 radical (unpaired) electrons. The Bertz CT molecular complexity index is 618. The van der Waals surface area contributed by atoms with Gasteiger partial charge in [-0.05, 0) is 32.7 Å². The van der Waals surface area contributed by atoms with Crippen LogP contribution in [0.15, 0.2) is 40.9 Å². The zero-order chi connectivity index (χ0) is 14.9. The van der Waals surface area contributed by atoms with Crippen LogP contribution >= 0.6 is 12.4 Å². The van der Waals surface area contributed by atoms with Crippen LogP contribution in [0, 0.1) is 0 Å². The number of halogens is 1. The lowest BCUT2D eigenvalue weighted by Gasteiger charge is -2.35. The summed E-state index contributed by atoms with van der Waals surface area (Å²) in [5.74, 6) is 0.856. The summed E-state index contributed by atoms with van der Waals surface area (Å²) < 4.78 is 5.50. The normalized spacial score (nSPS) is 26.3. The molecule has 1 N–H and O–H groups in total. The molecule has 1 aromatic heterocycles. The van der Waals surface area contributed by atoms with E-state index < -0.39 is 0 Å². The monoisotopic (exact) mass is 333 g/mol. The van der Waals surface area contributed by atoms with Gasteiger partial charge in [-0.2, -0.15) is 0 Å². The fraction of sp³-hybridized carbons (Fsp3) is 0.500. The number of piperidine rings is 1. The third-order valence-electron chi connectivity index (χ3n) is 5.10. The lowest BCUT2D eigenvalue weighted by Crippen LogP contribution is -2.46. The molecule has 0 aliphatic carbocycles. The molecule has 2 fully saturated rings. The number of nitrogens with one attached hydrogen (secondary N) is 1. The average Bonchev–Trinajstić information content (AvgIpc) is 3.14. The van der Waals surface area contributed by atoms with Gasteiger partial charge in [0.1, 0.15) is 0 Å². The summed E-state index contributed by atoms with van der Waals surface area (Å²) in [5, 5.41) is 7.95. The van der Waals surface area contributed by atoms with Crippen molar-refractivity contribution in [2.45, 2.75) is 50.4 Å². The second-order valence-corrected chi connectivity index (χ2v) is 6.73. The fourth-order valence-corrected chi connectivity index (χ4v) is 3.90. The summed E-state index contributed by atoms with van der Waals surface area (Å²) in [5.41, 5.74) is 2.11. The molecule has 2 unspecified atom stereocenters. The van der Waals surface area contributed by atoms with Crippen LogP contribution in [-0.4, -0.2) is 35.2 Å². The number of rotatable bonds is 4. The number of fused-ring (bicyclic) bond motifs is 2. The molecule has 2 atom stereocenters. The molecule has 2 saturated heterocycles. The molecule has 2 aliphatic heterocycles. The highest BCUT2D eigenvalue weighted by molar-refractivity contribution is 5.85. The first kappa shape index (κ1) is 16.5. The number of hydrogen-bond acceptors (Lipinski definition) is 4. The van der Waals surface area contributed by atoms with Gasteiger partial charge < -0.3 is 9.84 Å². The summed E-state index contributed by atoms with van der Waals surface area (Å²) in [6, 6.07) is 14.4. The summed E-state index contributed by atoms with van der Waals surface area (Å²) in [6.07, 6.45) is 5.21. The Labute approximate surface area is 143 Å². The fourth-order valence-electron chi connectivity index (χ4n) is 3.90. The minimum absolute atomic E-state index is 0. The van der Waals surface area contributed by atoms with Gasteiger partial charge in [0.2, 0.25) is 0 Å². The van der Waals surface area contributed by atoms with Crippen LogP contribution in [0.4, 0.5) is 0 Å². The zero-order valence-corrected chi connectivity index (χ0v) is 14.3. The Morgan fingerprint density at radius 3 is 2.57 bits per heavy atom. The van der Waals surface area contributed by atoms with Crippen molar-refractivity contribution in [3.63, 3.8) is 0 Å². The standard InChI is InChI=1S/C18H23N3O.ClH/c1-21(17-9-14-7-8-15(10-17)19-14)12-16-11-18(22-20-16)13-5-3-2-4-6-13;/h2-6,11,14-15,17,19H,7-10,12H2,1H3;1H. The number of hydrogen-bond donors (Lipinski definition) is 1. The molecule has 0 spiro atoms. The molecule has 4 nitrogen and oxygen atoms in total. The lowest BCUT2D eigenvalue weighted by atomic mass is 9.98. The molecule has 124 valence electrons. The molecule has 23 heavy (non-hydrogen) atoms. The van der Waals surface area contributed by atoms with Gasteiger partial charge in [-0.25, -0.2) is 0 Å². The highest BCUT2D eigenvalue weighted by Gasteiger charge is 2.35. The van der Waals surface area contributed by atoms with Gasteiger partial charge in [-0.3, -0.25) is 4.90 Å². The number of aromatic nitrogens is 1. The first-order valence-corrected chi connectivity index (χ1v) is 8.25. The molecular formula is C18H24ClN3O. The number of benzene rings is 1. The second kappa shape index (κ2) is 7.04. The summed E-state index contributed by atoms with van der Waals surface area (Å²) in [7, 11) is 2.21. The maximum Gasteiger partial charge on any atom is 0.167 e. The van der Waals surface area contributed by atoms with Gasteiger partial charge >= 0.3 is 0 Å². The largest absolute Gasteiger partial charge is 0.356 e. The van der Waals surface area contributed by atoms with E-state index in [9.17, 15) is 0 Å². The topological polar surface area (TPSA) is 41.3 Å². The van der Waals surface area contributed by atoms with Crippen LogP contribution in [0.3, 0.4) is 0 Å². The van der Waals surface area contributed by atoms with Crippen molar-refractivity contribution in [2.24, 2.45) is 0 Å². The zero-order valence-electron chi connectivity index (χ0n) is 13.4. The third kappa shape index (κ3) is 3.60. The summed E-state index contributed by atoms with van der Waals surface area (Å²) >= 11 is 0. The van der Waals surface area contributed by atoms with Crippen molar-refractivity contribution in [1.82, 2.24) is 15.4 Å². The first-order chi connectivity index (χ1) is 10.8. The minimum atomic E-state index is 0. The van der Waals surface area contributed by atoms with E-state index in [0.29, 0.717) is 6.04 Å². The van der Waals surface area contributed by atoms with Crippen molar-refractivity contribution < 1.29 is 4.52 Å². The molecule has 3 heterocycles. The number of nitrogens with zero attached hydrogens (tertiary/aromatic N) is 2.